The van der Waals surface area contributed by atoms with Crippen LogP contribution in [0.25, 0.3) is 11.0 Å². The molecule has 8 heteroatoms. The molecule has 2 heterocycles. The van der Waals surface area contributed by atoms with E-state index in [2.05, 4.69) is 32.3 Å². The van der Waals surface area contributed by atoms with Crippen LogP contribution in [0.4, 0.5) is 10.5 Å². The molecule has 2 aromatic rings. The summed E-state index contributed by atoms with van der Waals surface area (Å²) >= 11 is 0. The topological polar surface area (TPSA) is 85.8 Å². The third kappa shape index (κ3) is 6.00. The van der Waals surface area contributed by atoms with E-state index in [1.165, 1.54) is 0 Å². The van der Waals surface area contributed by atoms with Gasteiger partial charge in [0, 0.05) is 43.8 Å². The standard InChI is InChI=1S/C24H34N4O4/c1-24(2,3)32-23(29)27-16-17-4-6-19(7-5-17)31-21-15-18(28-10-12-30-13-11-28)14-20-22(21)26-9-8-25-20/h8-9,14-15,17,19H,4-7,10-13,16H2,1-3H3,(H,27,29)/t17-,19+. The number of nitrogens with zero attached hydrogens (tertiary/aromatic N) is 3. The quantitative estimate of drug-likeness (QED) is 0.751. The first kappa shape index (κ1) is 22.6. The summed E-state index contributed by atoms with van der Waals surface area (Å²) in [6, 6.07) is 4.18. The minimum atomic E-state index is -0.475. The number of amides is 1. The minimum absolute atomic E-state index is 0.137. The van der Waals surface area contributed by atoms with Gasteiger partial charge in [0.05, 0.1) is 24.8 Å². The zero-order valence-electron chi connectivity index (χ0n) is 19.3. The maximum absolute atomic E-state index is 11.9. The number of alkyl carbamates (subject to hydrolysis) is 1. The van der Waals surface area contributed by atoms with Crippen LogP contribution in [0.3, 0.4) is 0 Å². The first-order chi connectivity index (χ1) is 15.4. The number of hydrogen-bond donors (Lipinski definition) is 1. The Balaban J connectivity index is 1.36. The first-order valence-electron chi connectivity index (χ1n) is 11.6. The molecule has 1 aromatic carbocycles. The van der Waals surface area contributed by atoms with Crippen LogP contribution in [0.2, 0.25) is 0 Å². The second-order valence-electron chi connectivity index (χ2n) is 9.61. The highest BCUT2D eigenvalue weighted by atomic mass is 16.6. The Labute approximate surface area is 189 Å². The van der Waals surface area contributed by atoms with E-state index >= 15 is 0 Å². The lowest BCUT2D eigenvalue weighted by atomic mass is 9.87. The molecule has 1 amide bonds. The fraction of sp³-hybridized carbons (Fsp3) is 0.625. The number of benzene rings is 1. The average molecular weight is 443 g/mol. The van der Waals surface area contributed by atoms with Crippen LogP contribution in [0.15, 0.2) is 24.5 Å². The minimum Gasteiger partial charge on any atom is -0.488 e. The number of nitrogens with one attached hydrogen (secondary N) is 1. The Hall–Kier alpha value is -2.61. The zero-order chi connectivity index (χ0) is 22.6. The fourth-order valence-electron chi connectivity index (χ4n) is 4.30. The summed E-state index contributed by atoms with van der Waals surface area (Å²) in [5.41, 5.74) is 2.28. The van der Waals surface area contributed by atoms with Crippen molar-refractivity contribution < 1.29 is 19.0 Å². The van der Waals surface area contributed by atoms with Gasteiger partial charge in [-0.2, -0.15) is 0 Å². The molecule has 8 nitrogen and oxygen atoms in total. The number of carbonyl (C=O) groups excluding carboxylic acids is 1. The van der Waals surface area contributed by atoms with Crippen molar-refractivity contribution in [3.8, 4) is 5.75 Å². The highest BCUT2D eigenvalue weighted by molar-refractivity contribution is 5.85. The lowest BCUT2D eigenvalue weighted by Crippen LogP contribution is -2.37. The molecule has 1 aromatic heterocycles. The molecule has 1 saturated carbocycles. The Morgan fingerprint density at radius 3 is 2.56 bits per heavy atom. The van der Waals surface area contributed by atoms with Crippen LogP contribution >= 0.6 is 0 Å². The van der Waals surface area contributed by atoms with E-state index in [9.17, 15) is 4.79 Å². The summed E-state index contributed by atoms with van der Waals surface area (Å²) < 4.78 is 17.3. The molecule has 1 N–H and O–H groups in total. The molecule has 2 aliphatic rings. The van der Waals surface area contributed by atoms with Crippen molar-refractivity contribution in [1.29, 1.82) is 0 Å². The summed E-state index contributed by atoms with van der Waals surface area (Å²) in [5, 5.41) is 2.91. The molecule has 1 saturated heterocycles. The summed E-state index contributed by atoms with van der Waals surface area (Å²) in [4.78, 5) is 23.3. The highest BCUT2D eigenvalue weighted by Gasteiger charge is 2.25. The smallest absolute Gasteiger partial charge is 0.407 e. The van der Waals surface area contributed by atoms with Crippen molar-refractivity contribution in [2.45, 2.75) is 58.2 Å². The number of ether oxygens (including phenoxy) is 3. The van der Waals surface area contributed by atoms with Crippen LogP contribution in [-0.4, -0.2) is 60.6 Å². The third-order valence-corrected chi connectivity index (χ3v) is 5.92. The Morgan fingerprint density at radius 1 is 1.12 bits per heavy atom. The van der Waals surface area contributed by atoms with Gasteiger partial charge in [0.25, 0.3) is 0 Å². The van der Waals surface area contributed by atoms with E-state index in [-0.39, 0.29) is 12.2 Å². The van der Waals surface area contributed by atoms with Gasteiger partial charge in [0.15, 0.2) is 0 Å². The van der Waals surface area contributed by atoms with Gasteiger partial charge >= 0.3 is 6.09 Å². The van der Waals surface area contributed by atoms with Crippen LogP contribution in [0, 0.1) is 5.92 Å². The molecule has 0 unspecified atom stereocenters. The summed E-state index contributed by atoms with van der Waals surface area (Å²) in [6.45, 7) is 9.45. The Kier molecular flexibility index (Phi) is 6.98. The van der Waals surface area contributed by atoms with Gasteiger partial charge in [-0.3, -0.25) is 4.98 Å². The van der Waals surface area contributed by atoms with Gasteiger partial charge in [-0.25, -0.2) is 9.78 Å². The second-order valence-corrected chi connectivity index (χ2v) is 9.61. The number of fused-ring (bicyclic) bond motifs is 1. The normalized spacial score (nSPS) is 21.9. The van der Waals surface area contributed by atoms with Crippen molar-refractivity contribution in [2.75, 3.05) is 37.7 Å². The first-order valence-corrected chi connectivity index (χ1v) is 11.6. The monoisotopic (exact) mass is 442 g/mol. The Morgan fingerprint density at radius 2 is 1.84 bits per heavy atom. The van der Waals surface area contributed by atoms with E-state index in [1.807, 2.05) is 20.8 Å². The van der Waals surface area contributed by atoms with Crippen LogP contribution in [0.5, 0.6) is 5.75 Å². The molecule has 174 valence electrons. The predicted octanol–water partition coefficient (Wildman–Crippen LogP) is 3.93. The van der Waals surface area contributed by atoms with Crippen molar-refractivity contribution in [2.24, 2.45) is 5.92 Å². The van der Waals surface area contributed by atoms with Crippen LogP contribution in [-0.2, 0) is 9.47 Å². The molecular formula is C24H34N4O4. The van der Waals surface area contributed by atoms with E-state index in [0.29, 0.717) is 12.5 Å². The summed E-state index contributed by atoms with van der Waals surface area (Å²) in [5.74, 6) is 1.24. The van der Waals surface area contributed by atoms with Gasteiger partial charge in [0.1, 0.15) is 16.9 Å². The maximum atomic E-state index is 11.9. The van der Waals surface area contributed by atoms with E-state index < -0.39 is 5.60 Å². The number of hydrogen-bond acceptors (Lipinski definition) is 7. The van der Waals surface area contributed by atoms with Crippen molar-refractivity contribution in [3.63, 3.8) is 0 Å². The number of aromatic nitrogens is 2. The van der Waals surface area contributed by atoms with Gasteiger partial charge in [-0.1, -0.05) is 0 Å². The largest absolute Gasteiger partial charge is 0.488 e. The molecule has 1 aliphatic heterocycles. The van der Waals surface area contributed by atoms with Crippen LogP contribution < -0.4 is 15.0 Å². The molecule has 0 atom stereocenters. The van der Waals surface area contributed by atoms with E-state index in [0.717, 1.165) is 74.5 Å². The molecule has 1 aliphatic carbocycles. The predicted molar refractivity (Wildman–Crippen MR) is 123 cm³/mol. The van der Waals surface area contributed by atoms with Gasteiger partial charge in [-0.05, 0) is 58.4 Å². The molecule has 0 spiro atoms. The fourth-order valence-corrected chi connectivity index (χ4v) is 4.30. The number of anilines is 1. The SMILES string of the molecule is CC(C)(C)OC(=O)NC[C@H]1CC[C@@H](Oc2cc(N3CCOCC3)cc3nccnc23)CC1. The van der Waals surface area contributed by atoms with Crippen LogP contribution in [0.1, 0.15) is 46.5 Å². The third-order valence-electron chi connectivity index (χ3n) is 5.92. The number of morpholine rings is 1. The summed E-state index contributed by atoms with van der Waals surface area (Å²) in [6.07, 6.45) is 7.13. The second kappa shape index (κ2) is 9.90. The molecular weight excluding hydrogens is 408 g/mol. The van der Waals surface area contributed by atoms with E-state index in [1.54, 1.807) is 12.4 Å². The lowest BCUT2D eigenvalue weighted by molar-refractivity contribution is 0.0508. The Bertz CT molecular complexity index is 916. The summed E-state index contributed by atoms with van der Waals surface area (Å²) in [7, 11) is 0. The lowest BCUT2D eigenvalue weighted by Gasteiger charge is -2.31. The van der Waals surface area contributed by atoms with Crippen molar-refractivity contribution in [3.05, 3.63) is 24.5 Å². The molecule has 0 radical (unpaired) electrons. The van der Waals surface area contributed by atoms with Gasteiger partial charge in [-0.15, -0.1) is 0 Å². The van der Waals surface area contributed by atoms with E-state index in [4.69, 9.17) is 14.2 Å². The van der Waals surface area contributed by atoms with Gasteiger partial charge < -0.3 is 24.4 Å². The van der Waals surface area contributed by atoms with Crippen molar-refractivity contribution >= 4 is 22.8 Å². The number of carbonyl (C=O) groups is 1. The average Bonchev–Trinajstić information content (AvgIpc) is 2.78. The van der Waals surface area contributed by atoms with Crippen molar-refractivity contribution in [1.82, 2.24) is 15.3 Å². The number of rotatable bonds is 5. The van der Waals surface area contributed by atoms with Gasteiger partial charge in [0.2, 0.25) is 0 Å². The molecule has 2 fully saturated rings. The maximum Gasteiger partial charge on any atom is 0.407 e. The molecule has 4 rings (SSSR count). The molecule has 32 heavy (non-hydrogen) atoms. The molecule has 0 bridgehead atoms. The highest BCUT2D eigenvalue weighted by Crippen LogP contribution is 2.33. The zero-order valence-corrected chi connectivity index (χ0v) is 19.3.